The van der Waals surface area contributed by atoms with Gasteiger partial charge in [0.05, 0.1) is 17.3 Å². The van der Waals surface area contributed by atoms with E-state index in [-0.39, 0.29) is 5.75 Å². The molecule has 22 heavy (non-hydrogen) atoms. The molecular formula is C17H25NO3S. The second-order valence-corrected chi connectivity index (χ2v) is 8.93. The van der Waals surface area contributed by atoms with Crippen LogP contribution in [0.5, 0.6) is 0 Å². The largest absolute Gasteiger partial charge is 0.381 e. The van der Waals surface area contributed by atoms with Gasteiger partial charge in [-0.3, -0.25) is 0 Å². The molecule has 1 spiro atoms. The lowest BCUT2D eigenvalue weighted by Gasteiger charge is -2.21. The number of hydrogen-bond donors (Lipinski definition) is 0. The van der Waals surface area contributed by atoms with E-state index in [0.29, 0.717) is 16.7 Å². The third-order valence-corrected chi connectivity index (χ3v) is 6.74. The van der Waals surface area contributed by atoms with Crippen molar-refractivity contribution in [3.63, 3.8) is 0 Å². The fourth-order valence-electron chi connectivity index (χ4n) is 3.59. The van der Waals surface area contributed by atoms with Crippen molar-refractivity contribution in [2.45, 2.75) is 31.1 Å². The average molecular weight is 323 g/mol. The maximum absolute atomic E-state index is 12.4. The number of ether oxygens (including phenoxy) is 1. The van der Waals surface area contributed by atoms with Crippen LogP contribution in [0.4, 0.5) is 0 Å². The Kier molecular flexibility index (Phi) is 4.57. The van der Waals surface area contributed by atoms with Gasteiger partial charge in [0.25, 0.3) is 0 Å². The molecule has 2 aliphatic rings. The minimum absolute atomic E-state index is 0.233. The van der Waals surface area contributed by atoms with Crippen LogP contribution in [0.15, 0.2) is 29.2 Å². The Labute approximate surface area is 133 Å². The van der Waals surface area contributed by atoms with Gasteiger partial charge in [-0.15, -0.1) is 0 Å². The molecule has 0 aromatic heterocycles. The fourth-order valence-corrected chi connectivity index (χ4v) is 4.99. The number of benzene rings is 1. The van der Waals surface area contributed by atoms with E-state index in [1.807, 2.05) is 19.1 Å². The van der Waals surface area contributed by atoms with Crippen LogP contribution in [0, 0.1) is 12.3 Å². The minimum atomic E-state index is -3.15. The van der Waals surface area contributed by atoms with Crippen LogP contribution >= 0.6 is 0 Å². The summed E-state index contributed by atoms with van der Waals surface area (Å²) >= 11 is 0. The highest BCUT2D eigenvalue weighted by Crippen LogP contribution is 2.38. The van der Waals surface area contributed by atoms with Crippen LogP contribution < -0.4 is 0 Å². The monoisotopic (exact) mass is 323 g/mol. The fraction of sp³-hybridized carbons (Fsp3) is 0.647. The van der Waals surface area contributed by atoms with Crippen molar-refractivity contribution in [3.8, 4) is 0 Å². The lowest BCUT2D eigenvalue weighted by Crippen LogP contribution is -2.29. The summed E-state index contributed by atoms with van der Waals surface area (Å²) in [5, 5.41) is 0. The summed E-state index contributed by atoms with van der Waals surface area (Å²) in [6.45, 7) is 6.70. The molecule has 122 valence electrons. The summed E-state index contributed by atoms with van der Waals surface area (Å²) in [6.07, 6.45) is 3.05. The molecule has 5 heteroatoms. The Bertz CT molecular complexity index is 621. The Hall–Kier alpha value is -0.910. The molecule has 2 saturated heterocycles. The zero-order valence-corrected chi connectivity index (χ0v) is 14.1. The molecule has 2 fully saturated rings. The van der Waals surface area contributed by atoms with Crippen LogP contribution in [0.1, 0.15) is 24.8 Å². The summed E-state index contributed by atoms with van der Waals surface area (Å²) in [6, 6.07) is 7.19. The van der Waals surface area contributed by atoms with Crippen molar-refractivity contribution in [2.24, 2.45) is 5.41 Å². The van der Waals surface area contributed by atoms with Crippen LogP contribution in [-0.4, -0.2) is 51.9 Å². The molecule has 0 amide bonds. The molecule has 1 atom stereocenters. The molecule has 0 bridgehead atoms. The van der Waals surface area contributed by atoms with Crippen LogP contribution in [0.25, 0.3) is 0 Å². The van der Waals surface area contributed by atoms with E-state index in [2.05, 4.69) is 4.90 Å². The van der Waals surface area contributed by atoms with E-state index < -0.39 is 9.84 Å². The highest BCUT2D eigenvalue weighted by atomic mass is 32.2. The summed E-state index contributed by atoms with van der Waals surface area (Å²) in [5.41, 5.74) is 1.35. The molecule has 0 unspecified atom stereocenters. The zero-order valence-electron chi connectivity index (χ0n) is 13.3. The molecule has 4 nitrogen and oxygen atoms in total. The first-order chi connectivity index (χ1) is 10.5. The molecule has 2 heterocycles. The first kappa shape index (κ1) is 16.0. The SMILES string of the molecule is Cc1cccc(S(=O)(=O)CCCN2CC[C@@]3(CCOC3)C2)c1. The molecular weight excluding hydrogens is 298 g/mol. The number of likely N-dealkylation sites (tertiary alicyclic amines) is 1. The summed E-state index contributed by atoms with van der Waals surface area (Å²) < 4.78 is 30.3. The number of hydrogen-bond acceptors (Lipinski definition) is 4. The standard InChI is InChI=1S/C17H25NO3S/c1-15-4-2-5-16(12-15)22(19,20)11-3-8-18-9-6-17(13-18)7-10-21-14-17/h2,4-5,12H,3,6-11,13-14H2,1H3/t17-/m1/s1. The van der Waals surface area contributed by atoms with Gasteiger partial charge >= 0.3 is 0 Å². The highest BCUT2D eigenvalue weighted by molar-refractivity contribution is 7.91. The average Bonchev–Trinajstić information content (AvgIpc) is 3.10. The summed E-state index contributed by atoms with van der Waals surface area (Å²) in [5.74, 6) is 0.233. The first-order valence-electron chi connectivity index (χ1n) is 8.09. The van der Waals surface area contributed by atoms with E-state index in [1.165, 1.54) is 6.42 Å². The summed E-state index contributed by atoms with van der Waals surface area (Å²) in [7, 11) is -3.15. The van der Waals surface area contributed by atoms with Crippen LogP contribution in [0.3, 0.4) is 0 Å². The highest BCUT2D eigenvalue weighted by Gasteiger charge is 2.40. The second kappa shape index (κ2) is 6.30. The van der Waals surface area contributed by atoms with Crippen molar-refractivity contribution in [1.82, 2.24) is 4.90 Å². The number of sulfone groups is 1. The lowest BCUT2D eigenvalue weighted by molar-refractivity contribution is 0.152. The van der Waals surface area contributed by atoms with Gasteiger partial charge in [-0.1, -0.05) is 12.1 Å². The Balaban J connectivity index is 1.51. The second-order valence-electron chi connectivity index (χ2n) is 6.82. The van der Waals surface area contributed by atoms with Gasteiger partial charge in [-0.2, -0.15) is 0 Å². The third-order valence-electron chi connectivity index (χ3n) is 4.94. The van der Waals surface area contributed by atoms with Gasteiger partial charge in [-0.25, -0.2) is 8.42 Å². The molecule has 0 N–H and O–H groups in total. The molecule has 0 radical (unpaired) electrons. The number of nitrogens with zero attached hydrogens (tertiary/aromatic N) is 1. The van der Waals surface area contributed by atoms with Crippen LogP contribution in [0.2, 0.25) is 0 Å². The van der Waals surface area contributed by atoms with E-state index >= 15 is 0 Å². The summed E-state index contributed by atoms with van der Waals surface area (Å²) in [4.78, 5) is 2.86. The van der Waals surface area contributed by atoms with E-state index in [1.54, 1.807) is 12.1 Å². The minimum Gasteiger partial charge on any atom is -0.381 e. The maximum atomic E-state index is 12.4. The van der Waals surface area contributed by atoms with Gasteiger partial charge in [0.1, 0.15) is 0 Å². The smallest absolute Gasteiger partial charge is 0.178 e. The van der Waals surface area contributed by atoms with Gasteiger partial charge in [0, 0.05) is 18.6 Å². The van der Waals surface area contributed by atoms with Crippen molar-refractivity contribution in [3.05, 3.63) is 29.8 Å². The molecule has 0 saturated carbocycles. The predicted molar refractivity (Wildman–Crippen MR) is 86.8 cm³/mol. The van der Waals surface area contributed by atoms with Crippen molar-refractivity contribution >= 4 is 9.84 Å². The molecule has 2 aliphatic heterocycles. The Morgan fingerprint density at radius 2 is 2.18 bits per heavy atom. The first-order valence-corrected chi connectivity index (χ1v) is 9.74. The van der Waals surface area contributed by atoms with Gasteiger partial charge in [0.15, 0.2) is 9.84 Å². The third kappa shape index (κ3) is 3.53. The van der Waals surface area contributed by atoms with E-state index in [0.717, 1.165) is 44.8 Å². The lowest BCUT2D eigenvalue weighted by atomic mass is 9.87. The Morgan fingerprint density at radius 3 is 2.91 bits per heavy atom. The van der Waals surface area contributed by atoms with Gasteiger partial charge in [0.2, 0.25) is 0 Å². The van der Waals surface area contributed by atoms with Gasteiger partial charge in [-0.05, 0) is 57.0 Å². The number of aryl methyl sites for hydroxylation is 1. The van der Waals surface area contributed by atoms with Crippen molar-refractivity contribution < 1.29 is 13.2 Å². The molecule has 1 aromatic carbocycles. The Morgan fingerprint density at radius 1 is 1.32 bits per heavy atom. The molecule has 0 aliphatic carbocycles. The van der Waals surface area contributed by atoms with Gasteiger partial charge < -0.3 is 9.64 Å². The van der Waals surface area contributed by atoms with E-state index in [4.69, 9.17) is 4.74 Å². The molecule has 1 aromatic rings. The topological polar surface area (TPSA) is 46.6 Å². The van der Waals surface area contributed by atoms with Crippen molar-refractivity contribution in [1.29, 1.82) is 0 Å². The van der Waals surface area contributed by atoms with Crippen LogP contribution in [-0.2, 0) is 14.6 Å². The van der Waals surface area contributed by atoms with Crippen molar-refractivity contribution in [2.75, 3.05) is 38.6 Å². The maximum Gasteiger partial charge on any atom is 0.178 e. The normalized spacial score (nSPS) is 26.0. The number of rotatable bonds is 5. The van der Waals surface area contributed by atoms with E-state index in [9.17, 15) is 8.42 Å². The zero-order chi connectivity index (χ0) is 15.6. The molecule has 3 rings (SSSR count). The predicted octanol–water partition coefficient (Wildman–Crippen LogP) is 2.27. The quantitative estimate of drug-likeness (QED) is 0.834.